The predicted octanol–water partition coefficient (Wildman–Crippen LogP) is 1.91. The van der Waals surface area contributed by atoms with E-state index in [-0.39, 0.29) is 0 Å². The Labute approximate surface area is 85.1 Å². The Balaban J connectivity index is 2.08. The van der Waals surface area contributed by atoms with E-state index in [1.54, 1.807) is 0 Å². The molecule has 1 aliphatic rings. The molecule has 0 amide bonds. The lowest BCUT2D eigenvalue weighted by Gasteiger charge is -2.19. The number of halogens is 1. The quantitative estimate of drug-likeness (QED) is 0.797. The van der Waals surface area contributed by atoms with Gasteiger partial charge in [0.15, 0.2) is 0 Å². The lowest BCUT2D eigenvalue weighted by atomic mass is 10.00. The lowest BCUT2D eigenvalue weighted by molar-refractivity contribution is 0.0837. The molecule has 1 aromatic rings. The number of aromatic amines is 1. The highest BCUT2D eigenvalue weighted by atomic mass is 127. The fraction of sp³-hybridized carbons (Fsp3) is 0.625. The first-order chi connectivity index (χ1) is 5.86. The van der Waals surface area contributed by atoms with Crippen LogP contribution in [-0.2, 0) is 4.74 Å². The number of H-pyrrole nitrogens is 1. The fourth-order valence-corrected chi connectivity index (χ4v) is 1.91. The van der Waals surface area contributed by atoms with Crippen LogP contribution < -0.4 is 0 Å². The van der Waals surface area contributed by atoms with Crippen LogP contribution in [0.15, 0.2) is 6.20 Å². The van der Waals surface area contributed by atoms with E-state index >= 15 is 0 Å². The second-order valence-corrected chi connectivity index (χ2v) is 4.17. The number of imidazole rings is 1. The van der Waals surface area contributed by atoms with E-state index in [4.69, 9.17) is 4.74 Å². The van der Waals surface area contributed by atoms with Gasteiger partial charge in [-0.05, 0) is 35.4 Å². The summed E-state index contributed by atoms with van der Waals surface area (Å²) in [6, 6.07) is 0. The van der Waals surface area contributed by atoms with Gasteiger partial charge in [0.2, 0.25) is 0 Å². The predicted molar refractivity (Wildman–Crippen MR) is 54.1 cm³/mol. The third-order valence-corrected chi connectivity index (χ3v) is 2.72. The van der Waals surface area contributed by atoms with E-state index in [1.807, 2.05) is 6.20 Å². The number of hydrogen-bond acceptors (Lipinski definition) is 2. The molecule has 66 valence electrons. The number of aromatic nitrogens is 2. The molecule has 0 bridgehead atoms. The van der Waals surface area contributed by atoms with E-state index < -0.39 is 0 Å². The van der Waals surface area contributed by atoms with Crippen LogP contribution >= 0.6 is 22.6 Å². The summed E-state index contributed by atoms with van der Waals surface area (Å²) in [6.07, 6.45) is 4.08. The highest BCUT2D eigenvalue weighted by Crippen LogP contribution is 2.24. The van der Waals surface area contributed by atoms with E-state index in [1.165, 1.54) is 0 Å². The first-order valence-electron chi connectivity index (χ1n) is 4.14. The second kappa shape index (κ2) is 3.74. The maximum Gasteiger partial charge on any atom is 0.110 e. The van der Waals surface area contributed by atoms with E-state index in [9.17, 15) is 0 Å². The van der Waals surface area contributed by atoms with Crippen LogP contribution in [-0.4, -0.2) is 23.2 Å². The average molecular weight is 278 g/mol. The van der Waals surface area contributed by atoms with Crippen LogP contribution in [0.4, 0.5) is 0 Å². The topological polar surface area (TPSA) is 37.9 Å². The van der Waals surface area contributed by atoms with E-state index in [2.05, 4.69) is 32.6 Å². The molecule has 2 rings (SSSR count). The van der Waals surface area contributed by atoms with E-state index in [0.717, 1.165) is 35.6 Å². The molecule has 0 saturated carbocycles. The van der Waals surface area contributed by atoms with Crippen molar-refractivity contribution in [3.8, 4) is 0 Å². The van der Waals surface area contributed by atoms with Gasteiger partial charge in [-0.1, -0.05) is 0 Å². The smallest absolute Gasteiger partial charge is 0.110 e. The molecule has 1 aromatic heterocycles. The maximum atomic E-state index is 5.28. The third kappa shape index (κ3) is 1.80. The molecule has 0 spiro atoms. The molecular weight excluding hydrogens is 267 g/mol. The first kappa shape index (κ1) is 8.50. The van der Waals surface area contributed by atoms with Crippen molar-refractivity contribution in [1.82, 2.24) is 9.97 Å². The normalized spacial score (nSPS) is 19.8. The fourth-order valence-electron chi connectivity index (χ4n) is 1.49. The first-order valence-corrected chi connectivity index (χ1v) is 5.22. The summed E-state index contributed by atoms with van der Waals surface area (Å²) >= 11 is 2.25. The minimum Gasteiger partial charge on any atom is -0.381 e. The SMILES string of the molecule is Ic1cnc(C2CCOCC2)[nH]1. The van der Waals surface area contributed by atoms with Crippen molar-refractivity contribution in [3.63, 3.8) is 0 Å². The van der Waals surface area contributed by atoms with Crippen LogP contribution in [0.1, 0.15) is 24.6 Å². The van der Waals surface area contributed by atoms with Gasteiger partial charge in [-0.3, -0.25) is 0 Å². The van der Waals surface area contributed by atoms with Gasteiger partial charge in [-0.15, -0.1) is 0 Å². The van der Waals surface area contributed by atoms with Crippen molar-refractivity contribution in [1.29, 1.82) is 0 Å². The summed E-state index contributed by atoms with van der Waals surface area (Å²) in [5, 5.41) is 0. The summed E-state index contributed by atoms with van der Waals surface area (Å²) < 4.78 is 6.40. The zero-order chi connectivity index (χ0) is 8.39. The van der Waals surface area contributed by atoms with Crippen molar-refractivity contribution in [2.75, 3.05) is 13.2 Å². The summed E-state index contributed by atoms with van der Waals surface area (Å²) in [4.78, 5) is 7.59. The van der Waals surface area contributed by atoms with Crippen molar-refractivity contribution >= 4 is 22.6 Å². The molecule has 0 unspecified atom stereocenters. The van der Waals surface area contributed by atoms with Crippen molar-refractivity contribution < 1.29 is 4.74 Å². The Kier molecular flexibility index (Phi) is 2.65. The van der Waals surface area contributed by atoms with Gasteiger partial charge < -0.3 is 9.72 Å². The van der Waals surface area contributed by atoms with Gasteiger partial charge in [-0.2, -0.15) is 0 Å². The highest BCUT2D eigenvalue weighted by molar-refractivity contribution is 14.1. The third-order valence-electron chi connectivity index (χ3n) is 2.17. The average Bonchev–Trinajstić information content (AvgIpc) is 2.54. The number of rotatable bonds is 1. The Bertz CT molecular complexity index is 255. The second-order valence-electron chi connectivity index (χ2n) is 3.00. The maximum absolute atomic E-state index is 5.28. The molecule has 4 heteroatoms. The summed E-state index contributed by atoms with van der Waals surface area (Å²) in [5.41, 5.74) is 0. The minimum atomic E-state index is 0.585. The Morgan fingerprint density at radius 3 is 2.83 bits per heavy atom. The summed E-state index contributed by atoms with van der Waals surface area (Å²) in [5.74, 6) is 1.71. The molecule has 1 aliphatic heterocycles. The molecule has 3 nitrogen and oxygen atoms in total. The standard InChI is InChI=1S/C8H11IN2O/c9-7-5-10-8(11-7)6-1-3-12-4-2-6/h5-6H,1-4H2,(H,10,11). The molecular formula is C8H11IN2O. The Morgan fingerprint density at radius 2 is 2.25 bits per heavy atom. The molecule has 0 atom stereocenters. The van der Waals surface area contributed by atoms with Crippen LogP contribution in [0.3, 0.4) is 0 Å². The van der Waals surface area contributed by atoms with Crippen LogP contribution in [0.5, 0.6) is 0 Å². The van der Waals surface area contributed by atoms with Crippen molar-refractivity contribution in [3.05, 3.63) is 15.7 Å². The number of hydrogen-bond donors (Lipinski definition) is 1. The Morgan fingerprint density at radius 1 is 1.50 bits per heavy atom. The van der Waals surface area contributed by atoms with Gasteiger partial charge in [0.25, 0.3) is 0 Å². The lowest BCUT2D eigenvalue weighted by Crippen LogP contribution is -2.15. The zero-order valence-electron chi connectivity index (χ0n) is 6.72. The molecule has 1 N–H and O–H groups in total. The molecule has 2 heterocycles. The number of ether oxygens (including phenoxy) is 1. The van der Waals surface area contributed by atoms with Gasteiger partial charge in [-0.25, -0.2) is 4.98 Å². The van der Waals surface area contributed by atoms with Gasteiger partial charge in [0.05, 0.1) is 9.90 Å². The number of nitrogens with zero attached hydrogens (tertiary/aromatic N) is 1. The minimum absolute atomic E-state index is 0.585. The largest absolute Gasteiger partial charge is 0.381 e. The van der Waals surface area contributed by atoms with Crippen LogP contribution in [0.2, 0.25) is 0 Å². The van der Waals surface area contributed by atoms with Crippen LogP contribution in [0, 0.1) is 3.70 Å². The Hall–Kier alpha value is -0.100. The zero-order valence-corrected chi connectivity index (χ0v) is 8.87. The van der Waals surface area contributed by atoms with Gasteiger partial charge in [0.1, 0.15) is 5.82 Å². The highest BCUT2D eigenvalue weighted by Gasteiger charge is 2.17. The molecule has 1 saturated heterocycles. The van der Waals surface area contributed by atoms with Crippen LogP contribution in [0.25, 0.3) is 0 Å². The number of nitrogens with one attached hydrogen (secondary N) is 1. The van der Waals surface area contributed by atoms with Crippen molar-refractivity contribution in [2.24, 2.45) is 0 Å². The van der Waals surface area contributed by atoms with Gasteiger partial charge in [0, 0.05) is 19.1 Å². The summed E-state index contributed by atoms with van der Waals surface area (Å²) in [6.45, 7) is 1.75. The van der Waals surface area contributed by atoms with E-state index in [0.29, 0.717) is 5.92 Å². The monoisotopic (exact) mass is 278 g/mol. The summed E-state index contributed by atoms with van der Waals surface area (Å²) in [7, 11) is 0. The van der Waals surface area contributed by atoms with Gasteiger partial charge >= 0.3 is 0 Å². The molecule has 12 heavy (non-hydrogen) atoms. The molecule has 0 aromatic carbocycles. The molecule has 0 radical (unpaired) electrons. The molecule has 1 fully saturated rings. The van der Waals surface area contributed by atoms with Crippen molar-refractivity contribution in [2.45, 2.75) is 18.8 Å². The molecule has 0 aliphatic carbocycles.